The SMILES string of the molecule is CC1CCC2(OC1)OC1CC3C4CCC5CC(O)CCC5(C)C4=CCC3(C)C1C2C.Oc1ccc(C=Cc2cc(O)cc(O)c2)cc1. The molecule has 5 fully saturated rings. The lowest BCUT2D eigenvalue weighted by molar-refractivity contribution is -0.272. The average Bonchev–Trinajstić information content (AvgIpc) is 3.48. The third kappa shape index (κ3) is 5.82. The minimum absolute atomic E-state index is 0.0235. The molecule has 11 unspecified atom stereocenters. The third-order valence-electron chi connectivity index (χ3n) is 13.5. The van der Waals surface area contributed by atoms with Crippen molar-refractivity contribution in [3.8, 4) is 17.2 Å². The van der Waals surface area contributed by atoms with E-state index in [4.69, 9.17) is 14.6 Å². The van der Waals surface area contributed by atoms with Crippen LogP contribution in [0.15, 0.2) is 54.1 Å². The summed E-state index contributed by atoms with van der Waals surface area (Å²) >= 11 is 0. The fourth-order valence-corrected chi connectivity index (χ4v) is 11.0. The lowest BCUT2D eigenvalue weighted by Gasteiger charge is -2.57. The fourth-order valence-electron chi connectivity index (χ4n) is 11.0. The molecular weight excluding hydrogens is 588 g/mol. The molecule has 3 saturated carbocycles. The Kier molecular flexibility index (Phi) is 8.54. The fraction of sp³-hybridized carbons (Fsp3) is 0.610. The second-order valence-corrected chi connectivity index (χ2v) is 16.4. The van der Waals surface area contributed by atoms with Gasteiger partial charge >= 0.3 is 0 Å². The Hall–Kier alpha value is -2.80. The van der Waals surface area contributed by atoms with E-state index >= 15 is 0 Å². The van der Waals surface area contributed by atoms with Gasteiger partial charge in [0.05, 0.1) is 18.8 Å². The molecule has 2 aromatic carbocycles. The van der Waals surface area contributed by atoms with Crippen molar-refractivity contribution in [1.82, 2.24) is 0 Å². The van der Waals surface area contributed by atoms with E-state index < -0.39 is 0 Å². The van der Waals surface area contributed by atoms with Crippen molar-refractivity contribution in [1.29, 1.82) is 0 Å². The van der Waals surface area contributed by atoms with Crippen LogP contribution in [0.1, 0.15) is 96.6 Å². The highest BCUT2D eigenvalue weighted by Crippen LogP contribution is 2.69. The zero-order valence-corrected chi connectivity index (χ0v) is 28.6. The van der Waals surface area contributed by atoms with Gasteiger partial charge in [0.25, 0.3) is 0 Å². The minimum Gasteiger partial charge on any atom is -0.508 e. The summed E-state index contributed by atoms with van der Waals surface area (Å²) in [5, 5.41) is 38.0. The topological polar surface area (TPSA) is 99.4 Å². The second-order valence-electron chi connectivity index (χ2n) is 16.4. The smallest absolute Gasteiger partial charge is 0.171 e. The first-order chi connectivity index (χ1) is 22.4. The average molecular weight is 643 g/mol. The van der Waals surface area contributed by atoms with Gasteiger partial charge in [-0.05, 0) is 127 Å². The molecule has 0 aromatic heterocycles. The van der Waals surface area contributed by atoms with Crippen LogP contribution in [0.4, 0.5) is 0 Å². The van der Waals surface area contributed by atoms with Crippen LogP contribution in [-0.4, -0.2) is 45.0 Å². The Bertz CT molecular complexity index is 1480. The van der Waals surface area contributed by atoms with Crippen molar-refractivity contribution < 1.29 is 29.9 Å². The second kappa shape index (κ2) is 12.3. The maximum absolute atomic E-state index is 10.3. The number of benzene rings is 2. The van der Waals surface area contributed by atoms with Gasteiger partial charge in [-0.25, -0.2) is 0 Å². The van der Waals surface area contributed by atoms with Gasteiger partial charge in [0.15, 0.2) is 5.79 Å². The van der Waals surface area contributed by atoms with Gasteiger partial charge in [0.2, 0.25) is 0 Å². The van der Waals surface area contributed by atoms with Gasteiger partial charge in [0, 0.05) is 18.4 Å². The number of hydrogen-bond donors (Lipinski definition) is 4. The zero-order valence-electron chi connectivity index (χ0n) is 28.6. The summed E-state index contributed by atoms with van der Waals surface area (Å²) in [6.07, 6.45) is 17.2. The van der Waals surface area contributed by atoms with E-state index in [0.29, 0.717) is 46.2 Å². The van der Waals surface area contributed by atoms with E-state index in [0.717, 1.165) is 43.3 Å². The molecule has 6 nitrogen and oxygen atoms in total. The number of ether oxygens (including phenoxy) is 2. The molecule has 1 spiro atoms. The van der Waals surface area contributed by atoms with Crippen LogP contribution in [0.25, 0.3) is 12.2 Å². The molecule has 6 heteroatoms. The Labute approximate surface area is 280 Å². The quantitative estimate of drug-likeness (QED) is 0.193. The molecule has 4 N–H and O–H groups in total. The van der Waals surface area contributed by atoms with Gasteiger partial charge in [-0.15, -0.1) is 0 Å². The highest BCUT2D eigenvalue weighted by Gasteiger charge is 2.67. The standard InChI is InChI=1S/C27H42O3.C14H12O3/c1-16-7-12-27(29-15-16)17(2)24-23(30-27)14-22-20-6-5-18-13-19(28)8-10-25(18,3)21(20)9-11-26(22,24)4;15-12-5-3-10(4-6-12)1-2-11-7-13(16)9-14(17)8-11/h9,16-20,22-24,28H,5-8,10-15H2,1-4H3;1-9,15-17H. The molecule has 0 amide bonds. The lowest BCUT2D eigenvalue weighted by Crippen LogP contribution is -2.50. The lowest BCUT2D eigenvalue weighted by atomic mass is 9.48. The normalized spacial score (nSPS) is 42.1. The van der Waals surface area contributed by atoms with Gasteiger partial charge in [-0.3, -0.25) is 0 Å². The van der Waals surface area contributed by atoms with E-state index in [1.165, 1.54) is 44.6 Å². The Morgan fingerprint density at radius 3 is 2.23 bits per heavy atom. The van der Waals surface area contributed by atoms with E-state index in [-0.39, 0.29) is 29.1 Å². The first-order valence-electron chi connectivity index (χ1n) is 18.1. The van der Waals surface area contributed by atoms with Crippen LogP contribution < -0.4 is 0 Å². The summed E-state index contributed by atoms with van der Waals surface area (Å²) in [5.41, 5.74) is 4.09. The molecule has 8 rings (SSSR count). The molecule has 2 heterocycles. The predicted octanol–water partition coefficient (Wildman–Crippen LogP) is 8.69. The summed E-state index contributed by atoms with van der Waals surface area (Å²) in [5.74, 6) is 3.95. The maximum atomic E-state index is 10.3. The van der Waals surface area contributed by atoms with Crippen LogP contribution in [0.2, 0.25) is 0 Å². The number of phenolic OH excluding ortho intramolecular Hbond substituents is 3. The number of hydrogen-bond acceptors (Lipinski definition) is 6. The molecule has 11 atom stereocenters. The van der Waals surface area contributed by atoms with E-state index in [1.54, 1.807) is 48.0 Å². The van der Waals surface area contributed by atoms with Crippen LogP contribution in [0.3, 0.4) is 0 Å². The van der Waals surface area contributed by atoms with Crippen molar-refractivity contribution in [2.24, 2.45) is 46.3 Å². The highest BCUT2D eigenvalue weighted by molar-refractivity contribution is 5.71. The predicted molar refractivity (Wildman–Crippen MR) is 185 cm³/mol. The van der Waals surface area contributed by atoms with E-state index in [2.05, 4.69) is 33.8 Å². The van der Waals surface area contributed by atoms with Crippen molar-refractivity contribution in [3.63, 3.8) is 0 Å². The molecule has 2 saturated heterocycles. The maximum Gasteiger partial charge on any atom is 0.171 e. The monoisotopic (exact) mass is 642 g/mol. The molecular formula is C41H54O6. The van der Waals surface area contributed by atoms with Gasteiger partial charge < -0.3 is 29.9 Å². The van der Waals surface area contributed by atoms with Crippen LogP contribution in [0, 0.1) is 46.3 Å². The minimum atomic E-state index is -0.303. The molecule has 2 aromatic rings. The summed E-state index contributed by atoms with van der Waals surface area (Å²) in [4.78, 5) is 0. The number of aliphatic hydroxyl groups excluding tert-OH is 1. The summed E-state index contributed by atoms with van der Waals surface area (Å²) in [6, 6.07) is 11.1. The van der Waals surface area contributed by atoms with E-state index in [9.17, 15) is 15.3 Å². The molecule has 47 heavy (non-hydrogen) atoms. The number of rotatable bonds is 2. The van der Waals surface area contributed by atoms with Gasteiger partial charge in [-0.2, -0.15) is 0 Å². The summed E-state index contributed by atoms with van der Waals surface area (Å²) < 4.78 is 13.3. The van der Waals surface area contributed by atoms with Crippen molar-refractivity contribution in [2.45, 2.75) is 103 Å². The number of aromatic hydroxyl groups is 3. The molecule has 0 radical (unpaired) electrons. The number of phenols is 3. The van der Waals surface area contributed by atoms with E-state index in [1.807, 2.05) is 6.08 Å². The Morgan fingerprint density at radius 2 is 1.53 bits per heavy atom. The first-order valence-corrected chi connectivity index (χ1v) is 18.1. The summed E-state index contributed by atoms with van der Waals surface area (Å²) in [6.45, 7) is 10.7. The molecule has 254 valence electrons. The summed E-state index contributed by atoms with van der Waals surface area (Å²) in [7, 11) is 0. The van der Waals surface area contributed by atoms with Crippen LogP contribution in [-0.2, 0) is 9.47 Å². The third-order valence-corrected chi connectivity index (χ3v) is 13.5. The van der Waals surface area contributed by atoms with Crippen molar-refractivity contribution in [2.75, 3.05) is 6.61 Å². The zero-order chi connectivity index (χ0) is 33.1. The Morgan fingerprint density at radius 1 is 0.809 bits per heavy atom. The van der Waals surface area contributed by atoms with Gasteiger partial charge in [-0.1, -0.05) is 63.6 Å². The Balaban J connectivity index is 0.000000176. The molecule has 4 aliphatic carbocycles. The molecule has 0 bridgehead atoms. The largest absolute Gasteiger partial charge is 0.508 e. The van der Waals surface area contributed by atoms with Crippen LogP contribution >= 0.6 is 0 Å². The van der Waals surface area contributed by atoms with Crippen molar-refractivity contribution in [3.05, 3.63) is 65.2 Å². The van der Waals surface area contributed by atoms with Gasteiger partial charge in [0.1, 0.15) is 17.2 Å². The number of allylic oxidation sites excluding steroid dienone is 2. The number of fused-ring (bicyclic) bond motifs is 7. The molecule has 2 aliphatic heterocycles. The van der Waals surface area contributed by atoms with Crippen LogP contribution in [0.5, 0.6) is 17.2 Å². The van der Waals surface area contributed by atoms with Crippen molar-refractivity contribution >= 4 is 12.2 Å². The first kappa shape index (κ1) is 32.7. The highest BCUT2D eigenvalue weighted by atomic mass is 16.7. The number of aliphatic hydroxyl groups is 1. The molecule has 6 aliphatic rings.